The van der Waals surface area contributed by atoms with Crippen molar-refractivity contribution in [3.8, 4) is 0 Å². The van der Waals surface area contributed by atoms with Crippen LogP contribution in [0, 0.1) is 0 Å². The van der Waals surface area contributed by atoms with E-state index < -0.39 is 0 Å². The summed E-state index contributed by atoms with van der Waals surface area (Å²) in [6.07, 6.45) is 7.86. The molecule has 1 aliphatic rings. The Morgan fingerprint density at radius 2 is 2.42 bits per heavy atom. The summed E-state index contributed by atoms with van der Waals surface area (Å²) in [6.45, 7) is 2.02. The van der Waals surface area contributed by atoms with Gasteiger partial charge in [-0.1, -0.05) is 0 Å². The first-order valence-electron chi connectivity index (χ1n) is 6.49. The molecule has 2 aromatic heterocycles. The number of hydrogen-bond donors (Lipinski definition) is 1. The van der Waals surface area contributed by atoms with Crippen molar-refractivity contribution in [1.82, 2.24) is 19.9 Å². The highest BCUT2D eigenvalue weighted by Gasteiger charge is 2.28. The lowest BCUT2D eigenvalue weighted by molar-refractivity contribution is 0.244. The van der Waals surface area contributed by atoms with Crippen LogP contribution in [0.3, 0.4) is 0 Å². The second kappa shape index (κ2) is 5.63. The lowest BCUT2D eigenvalue weighted by Gasteiger charge is -2.22. The smallest absolute Gasteiger partial charge is 0.144 e. The van der Waals surface area contributed by atoms with Gasteiger partial charge in [-0.05, 0) is 19.4 Å². The highest BCUT2D eigenvalue weighted by Crippen LogP contribution is 2.32. The highest BCUT2D eigenvalue weighted by molar-refractivity contribution is 7.09. The average Bonchev–Trinajstić information content (AvgIpc) is 3.11. The molecule has 0 aromatic carbocycles. The van der Waals surface area contributed by atoms with Gasteiger partial charge in [0.2, 0.25) is 0 Å². The Morgan fingerprint density at radius 3 is 3.21 bits per heavy atom. The zero-order valence-electron chi connectivity index (χ0n) is 10.9. The molecule has 0 bridgehead atoms. The Bertz CT molecular complexity index is 528. The molecule has 0 radical (unpaired) electrons. The van der Waals surface area contributed by atoms with Crippen molar-refractivity contribution in [3.05, 3.63) is 34.7 Å². The van der Waals surface area contributed by atoms with Crippen LogP contribution in [0.5, 0.6) is 0 Å². The van der Waals surface area contributed by atoms with E-state index in [2.05, 4.69) is 25.2 Å². The maximum Gasteiger partial charge on any atom is 0.144 e. The van der Waals surface area contributed by atoms with Crippen LogP contribution in [0.4, 0.5) is 5.82 Å². The SMILES string of the molecule is CNc1cncc([C@H]2CCCN2Cc2nccs2)n1. The molecule has 0 spiro atoms. The second-order valence-corrected chi connectivity index (χ2v) is 5.61. The van der Waals surface area contributed by atoms with E-state index in [4.69, 9.17) is 0 Å². The van der Waals surface area contributed by atoms with Gasteiger partial charge in [0.1, 0.15) is 10.8 Å². The van der Waals surface area contributed by atoms with Gasteiger partial charge in [-0.2, -0.15) is 0 Å². The van der Waals surface area contributed by atoms with Crippen molar-refractivity contribution in [2.24, 2.45) is 0 Å². The molecule has 1 N–H and O–H groups in total. The van der Waals surface area contributed by atoms with Gasteiger partial charge in [-0.15, -0.1) is 11.3 Å². The molecule has 100 valence electrons. The lowest BCUT2D eigenvalue weighted by Crippen LogP contribution is -2.23. The minimum atomic E-state index is 0.365. The predicted octanol–water partition coefficient (Wildman–Crippen LogP) is 2.31. The Balaban J connectivity index is 1.78. The van der Waals surface area contributed by atoms with Gasteiger partial charge in [0, 0.05) is 18.6 Å². The fraction of sp³-hybridized carbons (Fsp3) is 0.462. The summed E-state index contributed by atoms with van der Waals surface area (Å²) in [5, 5.41) is 6.25. The van der Waals surface area contributed by atoms with Crippen molar-refractivity contribution in [1.29, 1.82) is 0 Å². The van der Waals surface area contributed by atoms with Crippen LogP contribution >= 0.6 is 11.3 Å². The lowest BCUT2D eigenvalue weighted by atomic mass is 10.1. The van der Waals surface area contributed by atoms with Crippen LogP contribution in [0.15, 0.2) is 24.0 Å². The van der Waals surface area contributed by atoms with Gasteiger partial charge in [-0.3, -0.25) is 9.88 Å². The maximum absolute atomic E-state index is 4.62. The molecule has 1 aliphatic heterocycles. The first-order valence-corrected chi connectivity index (χ1v) is 7.37. The summed E-state index contributed by atoms with van der Waals surface area (Å²) in [4.78, 5) is 15.7. The number of anilines is 1. The fourth-order valence-corrected chi connectivity index (χ4v) is 3.16. The van der Waals surface area contributed by atoms with Crippen molar-refractivity contribution in [2.75, 3.05) is 18.9 Å². The summed E-state index contributed by atoms with van der Waals surface area (Å²) in [7, 11) is 1.87. The minimum Gasteiger partial charge on any atom is -0.372 e. The summed E-state index contributed by atoms with van der Waals surface area (Å²) in [6, 6.07) is 0.365. The number of rotatable bonds is 4. The molecule has 1 fully saturated rings. The van der Waals surface area contributed by atoms with E-state index in [1.54, 1.807) is 17.5 Å². The molecule has 2 aromatic rings. The molecule has 6 heteroatoms. The largest absolute Gasteiger partial charge is 0.372 e. The van der Waals surface area contributed by atoms with Crippen LogP contribution in [0.2, 0.25) is 0 Å². The first kappa shape index (κ1) is 12.5. The van der Waals surface area contributed by atoms with Gasteiger partial charge < -0.3 is 5.32 Å². The maximum atomic E-state index is 4.62. The molecule has 0 amide bonds. The highest BCUT2D eigenvalue weighted by atomic mass is 32.1. The molecule has 3 heterocycles. The zero-order chi connectivity index (χ0) is 13.1. The third-order valence-corrected chi connectivity index (χ3v) is 4.20. The van der Waals surface area contributed by atoms with Crippen LogP contribution in [0.25, 0.3) is 0 Å². The van der Waals surface area contributed by atoms with Gasteiger partial charge >= 0.3 is 0 Å². The number of hydrogen-bond acceptors (Lipinski definition) is 6. The van der Waals surface area contributed by atoms with E-state index in [1.165, 1.54) is 11.4 Å². The number of nitrogens with one attached hydrogen (secondary N) is 1. The van der Waals surface area contributed by atoms with Gasteiger partial charge in [0.05, 0.1) is 30.7 Å². The third-order valence-electron chi connectivity index (χ3n) is 3.44. The van der Waals surface area contributed by atoms with Gasteiger partial charge in [-0.25, -0.2) is 9.97 Å². The van der Waals surface area contributed by atoms with E-state index in [9.17, 15) is 0 Å². The monoisotopic (exact) mass is 275 g/mol. The molecule has 0 aliphatic carbocycles. The van der Waals surface area contributed by atoms with Crippen LogP contribution in [0.1, 0.15) is 29.6 Å². The fourth-order valence-electron chi connectivity index (χ4n) is 2.52. The zero-order valence-corrected chi connectivity index (χ0v) is 11.7. The van der Waals surface area contributed by atoms with Crippen molar-refractivity contribution in [2.45, 2.75) is 25.4 Å². The Kier molecular flexibility index (Phi) is 3.70. The quantitative estimate of drug-likeness (QED) is 0.928. The van der Waals surface area contributed by atoms with Crippen LogP contribution in [-0.4, -0.2) is 33.4 Å². The van der Waals surface area contributed by atoms with E-state index in [-0.39, 0.29) is 0 Å². The van der Waals surface area contributed by atoms with Crippen molar-refractivity contribution in [3.63, 3.8) is 0 Å². The average molecular weight is 275 g/mol. The van der Waals surface area contributed by atoms with E-state index in [0.717, 1.165) is 31.0 Å². The number of aromatic nitrogens is 3. The second-order valence-electron chi connectivity index (χ2n) is 4.63. The van der Waals surface area contributed by atoms with Crippen LogP contribution in [-0.2, 0) is 6.54 Å². The summed E-state index contributed by atoms with van der Waals surface area (Å²) < 4.78 is 0. The molecule has 3 rings (SSSR count). The molecule has 1 atom stereocenters. The van der Waals surface area contributed by atoms with E-state index in [1.807, 2.05) is 24.8 Å². The topological polar surface area (TPSA) is 53.9 Å². The molecule has 0 saturated carbocycles. The molecule has 0 unspecified atom stereocenters. The first-order chi connectivity index (χ1) is 9.36. The standard InChI is InChI=1S/C13H17N5S/c1-14-12-8-15-7-10(17-12)11-3-2-5-18(11)9-13-16-4-6-19-13/h4,6-8,11H,2-3,5,9H2,1H3,(H,14,17)/t11-/m1/s1. The summed E-state index contributed by atoms with van der Waals surface area (Å²) >= 11 is 1.71. The van der Waals surface area contributed by atoms with Gasteiger partial charge in [0.25, 0.3) is 0 Å². The molecule has 1 saturated heterocycles. The molecule has 19 heavy (non-hydrogen) atoms. The molecule has 5 nitrogen and oxygen atoms in total. The van der Waals surface area contributed by atoms with Gasteiger partial charge in [0.15, 0.2) is 0 Å². The van der Waals surface area contributed by atoms with Crippen molar-refractivity contribution >= 4 is 17.2 Å². The number of nitrogens with zero attached hydrogens (tertiary/aromatic N) is 4. The van der Waals surface area contributed by atoms with E-state index >= 15 is 0 Å². The predicted molar refractivity (Wildman–Crippen MR) is 76.1 cm³/mol. The summed E-state index contributed by atoms with van der Waals surface area (Å²) in [5.74, 6) is 0.832. The Hall–Kier alpha value is -1.53. The Labute approximate surface area is 116 Å². The van der Waals surface area contributed by atoms with Crippen molar-refractivity contribution < 1.29 is 0 Å². The van der Waals surface area contributed by atoms with Crippen LogP contribution < -0.4 is 5.32 Å². The molecular weight excluding hydrogens is 258 g/mol. The number of thiazole rings is 1. The normalized spacial score (nSPS) is 19.7. The third kappa shape index (κ3) is 2.74. The minimum absolute atomic E-state index is 0.365. The summed E-state index contributed by atoms with van der Waals surface area (Å²) in [5.41, 5.74) is 1.06. The van der Waals surface area contributed by atoms with E-state index in [0.29, 0.717) is 6.04 Å². The number of likely N-dealkylation sites (tertiary alicyclic amines) is 1. The molecular formula is C13H17N5S. The Morgan fingerprint density at radius 1 is 1.47 bits per heavy atom.